The van der Waals surface area contributed by atoms with Gasteiger partial charge in [0.25, 0.3) is 5.69 Å². The lowest BCUT2D eigenvalue weighted by atomic mass is 10.1. The molecule has 0 spiro atoms. The van der Waals surface area contributed by atoms with Crippen LogP contribution in [0.1, 0.15) is 18.1 Å². The maximum atomic E-state index is 11.2. The largest absolute Gasteiger partial charge is 0.481 e. The highest BCUT2D eigenvalue weighted by molar-refractivity contribution is 5.72. The molecule has 0 bridgehead atoms. The van der Waals surface area contributed by atoms with Crippen molar-refractivity contribution in [1.82, 2.24) is 0 Å². The van der Waals surface area contributed by atoms with Crippen LogP contribution >= 0.6 is 0 Å². The molecular formula is C12H16N2O5. The van der Waals surface area contributed by atoms with Gasteiger partial charge in [0.15, 0.2) is 6.61 Å². The van der Waals surface area contributed by atoms with Gasteiger partial charge >= 0.3 is 5.97 Å². The number of carbonyl (C=O) groups excluding carboxylic acids is 1. The highest BCUT2D eigenvalue weighted by Crippen LogP contribution is 2.36. The van der Waals surface area contributed by atoms with E-state index in [9.17, 15) is 14.9 Å². The van der Waals surface area contributed by atoms with E-state index in [2.05, 4.69) is 0 Å². The Morgan fingerprint density at radius 1 is 1.47 bits per heavy atom. The first-order valence-electron chi connectivity index (χ1n) is 5.71. The van der Waals surface area contributed by atoms with Crippen molar-refractivity contribution in [1.29, 1.82) is 0 Å². The van der Waals surface area contributed by atoms with Gasteiger partial charge in [0, 0.05) is 0 Å². The molecule has 0 fully saturated rings. The molecular weight excluding hydrogens is 252 g/mol. The van der Waals surface area contributed by atoms with Crippen LogP contribution in [0, 0.1) is 24.0 Å². The second-order valence-electron chi connectivity index (χ2n) is 3.94. The van der Waals surface area contributed by atoms with E-state index in [1.807, 2.05) is 0 Å². The number of rotatable bonds is 5. The fourth-order valence-electron chi connectivity index (χ4n) is 1.79. The molecule has 0 saturated heterocycles. The number of aryl methyl sites for hydroxylation is 1. The van der Waals surface area contributed by atoms with Gasteiger partial charge in [-0.05, 0) is 32.4 Å². The molecule has 7 heteroatoms. The predicted molar refractivity (Wildman–Crippen MR) is 69.1 cm³/mol. The summed E-state index contributed by atoms with van der Waals surface area (Å²) >= 11 is 0. The zero-order valence-corrected chi connectivity index (χ0v) is 11.1. The van der Waals surface area contributed by atoms with Gasteiger partial charge in [0.1, 0.15) is 11.4 Å². The molecule has 7 nitrogen and oxygen atoms in total. The smallest absolute Gasteiger partial charge is 0.344 e. The molecule has 104 valence electrons. The lowest BCUT2D eigenvalue weighted by Crippen LogP contribution is -2.16. The van der Waals surface area contributed by atoms with Crippen LogP contribution in [-0.4, -0.2) is 24.1 Å². The molecule has 0 atom stereocenters. The molecule has 0 heterocycles. The molecule has 0 aliphatic heterocycles. The monoisotopic (exact) mass is 268 g/mol. The number of nitrogens with two attached hydrogens (primary N) is 1. The third-order valence-electron chi connectivity index (χ3n) is 2.52. The van der Waals surface area contributed by atoms with Crippen molar-refractivity contribution in [3.63, 3.8) is 0 Å². The molecule has 1 aromatic carbocycles. The number of hydrogen-bond acceptors (Lipinski definition) is 6. The Kier molecular flexibility index (Phi) is 4.68. The Hall–Kier alpha value is -2.31. The second-order valence-corrected chi connectivity index (χ2v) is 3.94. The van der Waals surface area contributed by atoms with E-state index < -0.39 is 10.9 Å². The zero-order chi connectivity index (χ0) is 14.6. The predicted octanol–water partition coefficient (Wildman–Crippen LogP) is 1.74. The zero-order valence-electron chi connectivity index (χ0n) is 11.1. The van der Waals surface area contributed by atoms with Crippen LogP contribution in [0.2, 0.25) is 0 Å². The third-order valence-corrected chi connectivity index (χ3v) is 2.52. The topological polar surface area (TPSA) is 105 Å². The summed E-state index contributed by atoms with van der Waals surface area (Å²) in [6.45, 7) is 4.87. The Morgan fingerprint density at radius 3 is 2.63 bits per heavy atom. The number of ether oxygens (including phenoxy) is 2. The standard InChI is InChI=1S/C12H16N2O5/c1-4-18-10(15)6-19-12-7(2)5-9(13)11(8(12)3)14(16)17/h5H,4,6,13H2,1-3H3. The summed E-state index contributed by atoms with van der Waals surface area (Å²) in [5.74, 6) is -0.241. The van der Waals surface area contributed by atoms with Gasteiger partial charge in [0.05, 0.1) is 17.1 Å². The second kappa shape index (κ2) is 6.03. The molecule has 0 unspecified atom stereocenters. The molecule has 0 aromatic heterocycles. The Balaban J connectivity index is 3.04. The van der Waals surface area contributed by atoms with E-state index in [1.165, 1.54) is 13.0 Å². The number of hydrogen-bond donors (Lipinski definition) is 1. The summed E-state index contributed by atoms with van der Waals surface area (Å²) in [6.07, 6.45) is 0. The number of nitro groups is 1. The van der Waals surface area contributed by atoms with Gasteiger partial charge in [-0.1, -0.05) is 0 Å². The fourth-order valence-corrected chi connectivity index (χ4v) is 1.79. The van der Waals surface area contributed by atoms with Crippen LogP contribution in [0.5, 0.6) is 5.75 Å². The van der Waals surface area contributed by atoms with E-state index in [0.29, 0.717) is 11.1 Å². The molecule has 2 N–H and O–H groups in total. The van der Waals surface area contributed by atoms with E-state index in [1.54, 1.807) is 13.8 Å². The average molecular weight is 268 g/mol. The van der Waals surface area contributed by atoms with Gasteiger partial charge < -0.3 is 15.2 Å². The Labute approximate surface area is 110 Å². The maximum Gasteiger partial charge on any atom is 0.344 e. The first kappa shape index (κ1) is 14.7. The van der Waals surface area contributed by atoms with Crippen molar-refractivity contribution in [2.24, 2.45) is 0 Å². The molecule has 19 heavy (non-hydrogen) atoms. The van der Waals surface area contributed by atoms with Crippen LogP contribution in [-0.2, 0) is 9.53 Å². The van der Waals surface area contributed by atoms with E-state index in [-0.39, 0.29) is 30.3 Å². The van der Waals surface area contributed by atoms with Crippen molar-refractivity contribution < 1.29 is 19.2 Å². The van der Waals surface area contributed by atoms with E-state index in [4.69, 9.17) is 15.2 Å². The van der Waals surface area contributed by atoms with Gasteiger partial charge in [0.2, 0.25) is 0 Å². The minimum Gasteiger partial charge on any atom is -0.481 e. The molecule has 0 aliphatic rings. The first-order chi connectivity index (χ1) is 8.88. The highest BCUT2D eigenvalue weighted by atomic mass is 16.6. The Morgan fingerprint density at radius 2 is 2.11 bits per heavy atom. The minimum atomic E-state index is -0.568. The molecule has 1 aromatic rings. The van der Waals surface area contributed by atoms with Crippen molar-refractivity contribution in [3.8, 4) is 5.75 Å². The van der Waals surface area contributed by atoms with Crippen LogP contribution < -0.4 is 10.5 Å². The summed E-state index contributed by atoms with van der Waals surface area (Å²) in [6, 6.07) is 1.45. The normalized spacial score (nSPS) is 10.1. The lowest BCUT2D eigenvalue weighted by molar-refractivity contribution is -0.384. The number of benzene rings is 1. The number of carbonyl (C=O) groups is 1. The summed E-state index contributed by atoms with van der Waals surface area (Å²) in [5.41, 5.74) is 6.40. The quantitative estimate of drug-likeness (QED) is 0.377. The number of esters is 1. The molecule has 0 saturated carbocycles. The number of nitrogens with zero attached hydrogens (tertiary/aromatic N) is 1. The van der Waals surface area contributed by atoms with Gasteiger partial charge in [-0.3, -0.25) is 10.1 Å². The maximum absolute atomic E-state index is 11.2. The average Bonchev–Trinajstić information content (AvgIpc) is 2.27. The molecule has 0 amide bonds. The summed E-state index contributed by atoms with van der Waals surface area (Å²) in [5, 5.41) is 10.9. The van der Waals surface area contributed by atoms with E-state index in [0.717, 1.165) is 0 Å². The molecule has 0 aliphatic carbocycles. The van der Waals surface area contributed by atoms with Crippen molar-refractivity contribution in [2.45, 2.75) is 20.8 Å². The van der Waals surface area contributed by atoms with Gasteiger partial charge in [-0.2, -0.15) is 0 Å². The van der Waals surface area contributed by atoms with Crippen LogP contribution in [0.15, 0.2) is 6.07 Å². The van der Waals surface area contributed by atoms with Crippen molar-refractivity contribution in [2.75, 3.05) is 18.9 Å². The van der Waals surface area contributed by atoms with Crippen LogP contribution in [0.25, 0.3) is 0 Å². The molecule has 1 rings (SSSR count). The van der Waals surface area contributed by atoms with Crippen molar-refractivity contribution >= 4 is 17.3 Å². The van der Waals surface area contributed by atoms with Crippen LogP contribution in [0.4, 0.5) is 11.4 Å². The Bertz CT molecular complexity index is 513. The number of anilines is 1. The summed E-state index contributed by atoms with van der Waals surface area (Å²) in [4.78, 5) is 21.6. The number of nitro benzene ring substituents is 1. The highest BCUT2D eigenvalue weighted by Gasteiger charge is 2.22. The van der Waals surface area contributed by atoms with Gasteiger partial charge in [-0.25, -0.2) is 4.79 Å². The third kappa shape index (κ3) is 3.34. The van der Waals surface area contributed by atoms with Gasteiger partial charge in [-0.15, -0.1) is 0 Å². The van der Waals surface area contributed by atoms with E-state index >= 15 is 0 Å². The summed E-state index contributed by atoms with van der Waals surface area (Å²) < 4.78 is 10.0. The first-order valence-corrected chi connectivity index (χ1v) is 5.71. The van der Waals surface area contributed by atoms with Crippen LogP contribution in [0.3, 0.4) is 0 Å². The fraction of sp³-hybridized carbons (Fsp3) is 0.417. The molecule has 0 radical (unpaired) electrons. The number of nitrogen functional groups attached to an aromatic ring is 1. The SMILES string of the molecule is CCOC(=O)COc1c(C)cc(N)c([N+](=O)[O-])c1C. The lowest BCUT2D eigenvalue weighted by Gasteiger charge is -2.13. The van der Waals surface area contributed by atoms with Crippen molar-refractivity contribution in [3.05, 3.63) is 27.3 Å². The summed E-state index contributed by atoms with van der Waals surface area (Å²) in [7, 11) is 0. The minimum absolute atomic E-state index is 0.0727.